The van der Waals surface area contributed by atoms with Gasteiger partial charge in [-0.25, -0.2) is 0 Å². The zero-order chi connectivity index (χ0) is 14.6. The molecule has 0 bridgehead atoms. The number of likely N-dealkylation sites (tertiary alicyclic amines) is 1. The van der Waals surface area contributed by atoms with Crippen LogP contribution in [0.3, 0.4) is 0 Å². The molecule has 0 aromatic carbocycles. The van der Waals surface area contributed by atoms with Crippen molar-refractivity contribution in [2.24, 2.45) is 17.1 Å². The molecule has 5 heteroatoms. The van der Waals surface area contributed by atoms with Crippen molar-refractivity contribution in [3.05, 3.63) is 0 Å². The van der Waals surface area contributed by atoms with Crippen LogP contribution in [-0.2, 0) is 9.59 Å². The van der Waals surface area contributed by atoms with E-state index in [0.29, 0.717) is 32.4 Å². The van der Waals surface area contributed by atoms with Crippen LogP contribution in [0.25, 0.3) is 0 Å². The summed E-state index contributed by atoms with van der Waals surface area (Å²) in [6.07, 6.45) is 2.26. The van der Waals surface area contributed by atoms with Crippen LogP contribution >= 0.6 is 0 Å². The number of carbonyl (C=O) groups is 2. The molecular formula is C14H26N2O3. The van der Waals surface area contributed by atoms with Gasteiger partial charge in [-0.15, -0.1) is 0 Å². The number of aliphatic carboxylic acids is 1. The van der Waals surface area contributed by atoms with Crippen molar-refractivity contribution in [3.8, 4) is 0 Å². The Morgan fingerprint density at radius 1 is 1.42 bits per heavy atom. The van der Waals surface area contributed by atoms with Crippen molar-refractivity contribution >= 4 is 11.9 Å². The number of piperidine rings is 1. The minimum Gasteiger partial charge on any atom is -0.481 e. The van der Waals surface area contributed by atoms with Crippen LogP contribution in [0.2, 0.25) is 0 Å². The molecule has 0 saturated carbocycles. The number of amides is 1. The molecule has 1 rings (SSSR count). The van der Waals surface area contributed by atoms with Crippen LogP contribution in [0.1, 0.15) is 46.5 Å². The number of hydrogen-bond donors (Lipinski definition) is 2. The van der Waals surface area contributed by atoms with Crippen LogP contribution in [-0.4, -0.2) is 41.0 Å². The summed E-state index contributed by atoms with van der Waals surface area (Å²) in [5.41, 5.74) is 5.15. The van der Waals surface area contributed by atoms with E-state index in [1.807, 2.05) is 20.8 Å². The van der Waals surface area contributed by atoms with Gasteiger partial charge in [0.25, 0.3) is 0 Å². The minimum absolute atomic E-state index is 0.0139. The van der Waals surface area contributed by atoms with Crippen LogP contribution in [0, 0.1) is 11.3 Å². The summed E-state index contributed by atoms with van der Waals surface area (Å²) in [4.78, 5) is 25.3. The third kappa shape index (κ3) is 3.69. The quantitative estimate of drug-likeness (QED) is 0.792. The van der Waals surface area contributed by atoms with Gasteiger partial charge in [-0.1, -0.05) is 20.8 Å². The standard InChI is InChI=1S/C14H26N2O3/c1-4-14(13(18)19)6-5-7-16(9-14)12(17)8-11(15)10(2)3/h10-11H,4-9,15H2,1-3H3,(H,18,19). The van der Waals surface area contributed by atoms with E-state index >= 15 is 0 Å². The topological polar surface area (TPSA) is 83.6 Å². The summed E-state index contributed by atoms with van der Waals surface area (Å²) < 4.78 is 0. The number of hydrogen-bond acceptors (Lipinski definition) is 3. The Morgan fingerprint density at radius 2 is 2.05 bits per heavy atom. The second-order valence-electron chi connectivity index (χ2n) is 5.97. The average molecular weight is 270 g/mol. The summed E-state index contributed by atoms with van der Waals surface area (Å²) in [5.74, 6) is -0.551. The molecule has 1 fully saturated rings. The van der Waals surface area contributed by atoms with Gasteiger partial charge >= 0.3 is 5.97 Å². The van der Waals surface area contributed by atoms with Crippen molar-refractivity contribution in [2.45, 2.75) is 52.5 Å². The molecular weight excluding hydrogens is 244 g/mol. The average Bonchev–Trinajstić information content (AvgIpc) is 2.38. The van der Waals surface area contributed by atoms with E-state index in [1.165, 1.54) is 0 Å². The Bertz CT molecular complexity index is 344. The Hall–Kier alpha value is -1.10. The van der Waals surface area contributed by atoms with Gasteiger partial charge in [-0.05, 0) is 25.2 Å². The van der Waals surface area contributed by atoms with Crippen molar-refractivity contribution in [2.75, 3.05) is 13.1 Å². The van der Waals surface area contributed by atoms with E-state index in [2.05, 4.69) is 0 Å². The maximum absolute atomic E-state index is 12.2. The molecule has 0 aromatic rings. The molecule has 1 aliphatic heterocycles. The fourth-order valence-corrected chi connectivity index (χ4v) is 2.53. The van der Waals surface area contributed by atoms with E-state index in [1.54, 1.807) is 4.90 Å². The van der Waals surface area contributed by atoms with Gasteiger partial charge in [0.15, 0.2) is 0 Å². The highest BCUT2D eigenvalue weighted by molar-refractivity contribution is 5.80. The molecule has 2 atom stereocenters. The van der Waals surface area contributed by atoms with E-state index in [9.17, 15) is 14.7 Å². The first-order valence-corrected chi connectivity index (χ1v) is 7.09. The fraction of sp³-hybridized carbons (Fsp3) is 0.857. The highest BCUT2D eigenvalue weighted by Crippen LogP contribution is 2.34. The molecule has 110 valence electrons. The lowest BCUT2D eigenvalue weighted by Gasteiger charge is -2.39. The molecule has 3 N–H and O–H groups in total. The van der Waals surface area contributed by atoms with E-state index in [0.717, 1.165) is 6.42 Å². The number of carboxylic acid groups (broad SMARTS) is 1. The first kappa shape index (κ1) is 16.0. The smallest absolute Gasteiger partial charge is 0.311 e. The van der Waals surface area contributed by atoms with Gasteiger partial charge in [-0.3, -0.25) is 9.59 Å². The highest BCUT2D eigenvalue weighted by Gasteiger charge is 2.42. The number of nitrogens with zero attached hydrogens (tertiary/aromatic N) is 1. The van der Waals surface area contributed by atoms with E-state index in [-0.39, 0.29) is 17.9 Å². The number of rotatable bonds is 5. The summed E-state index contributed by atoms with van der Waals surface area (Å²) in [6, 6.07) is -0.157. The van der Waals surface area contributed by atoms with Crippen molar-refractivity contribution in [1.29, 1.82) is 0 Å². The third-order valence-electron chi connectivity index (χ3n) is 4.33. The fourth-order valence-electron chi connectivity index (χ4n) is 2.53. The molecule has 0 aromatic heterocycles. The second-order valence-corrected chi connectivity index (χ2v) is 5.97. The Kier molecular flexibility index (Phi) is 5.35. The zero-order valence-corrected chi connectivity index (χ0v) is 12.2. The van der Waals surface area contributed by atoms with Crippen LogP contribution < -0.4 is 5.73 Å². The van der Waals surface area contributed by atoms with Gasteiger partial charge in [0.05, 0.1) is 5.41 Å². The molecule has 0 spiro atoms. The molecule has 2 unspecified atom stereocenters. The minimum atomic E-state index is -0.791. The van der Waals surface area contributed by atoms with Crippen molar-refractivity contribution in [1.82, 2.24) is 4.90 Å². The molecule has 1 saturated heterocycles. The molecule has 19 heavy (non-hydrogen) atoms. The summed E-state index contributed by atoms with van der Waals surface area (Å²) in [7, 11) is 0. The number of nitrogens with two attached hydrogens (primary N) is 1. The molecule has 0 radical (unpaired) electrons. The lowest BCUT2D eigenvalue weighted by Crippen LogP contribution is -2.50. The second kappa shape index (κ2) is 6.37. The normalized spacial score (nSPS) is 25.4. The SMILES string of the molecule is CCC1(C(=O)O)CCCN(C(=O)CC(N)C(C)C)C1. The number of carbonyl (C=O) groups excluding carboxylic acids is 1. The maximum atomic E-state index is 12.2. The van der Waals surface area contributed by atoms with Crippen molar-refractivity contribution < 1.29 is 14.7 Å². The Balaban J connectivity index is 2.69. The van der Waals surface area contributed by atoms with Crippen molar-refractivity contribution in [3.63, 3.8) is 0 Å². The summed E-state index contributed by atoms with van der Waals surface area (Å²) in [5, 5.41) is 9.40. The maximum Gasteiger partial charge on any atom is 0.311 e. The first-order chi connectivity index (χ1) is 8.82. The Morgan fingerprint density at radius 3 is 2.53 bits per heavy atom. The summed E-state index contributed by atoms with van der Waals surface area (Å²) in [6.45, 7) is 6.83. The van der Waals surface area contributed by atoms with E-state index in [4.69, 9.17) is 5.73 Å². The van der Waals surface area contributed by atoms with Gasteiger partial charge in [0.2, 0.25) is 5.91 Å². The van der Waals surface area contributed by atoms with E-state index < -0.39 is 11.4 Å². The van der Waals surface area contributed by atoms with Crippen LogP contribution in [0.5, 0.6) is 0 Å². The largest absolute Gasteiger partial charge is 0.481 e. The zero-order valence-electron chi connectivity index (χ0n) is 12.2. The van der Waals surface area contributed by atoms with Gasteiger partial charge in [0, 0.05) is 25.6 Å². The lowest BCUT2D eigenvalue weighted by molar-refractivity contribution is -0.155. The lowest BCUT2D eigenvalue weighted by atomic mass is 9.77. The van der Waals surface area contributed by atoms with Gasteiger partial charge < -0.3 is 15.7 Å². The highest BCUT2D eigenvalue weighted by atomic mass is 16.4. The molecule has 1 amide bonds. The molecule has 1 heterocycles. The Labute approximate surface area is 115 Å². The van der Waals surface area contributed by atoms with Crippen LogP contribution in [0.15, 0.2) is 0 Å². The van der Waals surface area contributed by atoms with Gasteiger partial charge in [0.1, 0.15) is 0 Å². The molecule has 5 nitrogen and oxygen atoms in total. The number of carboxylic acids is 1. The molecule has 1 aliphatic rings. The monoisotopic (exact) mass is 270 g/mol. The first-order valence-electron chi connectivity index (χ1n) is 7.09. The third-order valence-corrected chi connectivity index (χ3v) is 4.33. The summed E-state index contributed by atoms with van der Waals surface area (Å²) >= 11 is 0. The predicted octanol–water partition coefficient (Wildman–Crippen LogP) is 1.46. The van der Waals surface area contributed by atoms with Crippen LogP contribution in [0.4, 0.5) is 0 Å². The predicted molar refractivity (Wildman–Crippen MR) is 73.6 cm³/mol. The molecule has 0 aliphatic carbocycles. The van der Waals surface area contributed by atoms with Gasteiger partial charge in [-0.2, -0.15) is 0 Å².